The van der Waals surface area contributed by atoms with Crippen molar-refractivity contribution in [2.24, 2.45) is 0 Å². The van der Waals surface area contributed by atoms with E-state index in [0.717, 1.165) is 11.1 Å². The lowest BCUT2D eigenvalue weighted by molar-refractivity contribution is -0.260. The molecule has 0 radical (unpaired) electrons. The lowest BCUT2D eigenvalue weighted by Crippen LogP contribution is -2.47. The van der Waals surface area contributed by atoms with Gasteiger partial charge in [0.05, 0.1) is 23.9 Å². The number of benzene rings is 3. The molecule has 0 aliphatic carbocycles. The van der Waals surface area contributed by atoms with Crippen molar-refractivity contribution < 1.29 is 22.7 Å². The predicted octanol–water partition coefficient (Wildman–Crippen LogP) is 5.90. The van der Waals surface area contributed by atoms with Crippen LogP contribution in [0.15, 0.2) is 66.9 Å². The number of aliphatic hydroxyl groups is 1. The summed E-state index contributed by atoms with van der Waals surface area (Å²) in [5, 5.41) is 18.4. The van der Waals surface area contributed by atoms with Gasteiger partial charge in [-0.3, -0.25) is 0 Å². The first-order valence-corrected chi connectivity index (χ1v) is 10.5. The highest BCUT2D eigenvalue weighted by Gasteiger charge is 2.55. The Morgan fingerprint density at radius 3 is 2.42 bits per heavy atom. The summed E-state index contributed by atoms with van der Waals surface area (Å²) >= 11 is 0. The Balaban J connectivity index is 1.71. The average Bonchev–Trinajstić information content (AvgIpc) is 3.21. The number of hydrogen-bond acceptors (Lipinski definition) is 3. The van der Waals surface area contributed by atoms with Gasteiger partial charge in [-0.15, -0.1) is 0 Å². The van der Waals surface area contributed by atoms with Gasteiger partial charge in [-0.2, -0.15) is 18.3 Å². The third-order valence-electron chi connectivity index (χ3n) is 5.85. The number of alkyl halides is 3. The molecule has 0 saturated carbocycles. The quantitative estimate of drug-likeness (QED) is 0.355. The first-order chi connectivity index (χ1) is 15.6. The SMILES string of the molecule is CCc1cccc(C)c1NCC(O)(c1ccc2c(cnn2-c2ccc(F)cc2)c1)C(F)(F)F. The zero-order valence-corrected chi connectivity index (χ0v) is 18.1. The molecule has 0 amide bonds. The van der Waals surface area contributed by atoms with Gasteiger partial charge in [-0.05, 0) is 66.4 Å². The van der Waals surface area contributed by atoms with Gasteiger partial charge in [0.1, 0.15) is 5.82 Å². The number of rotatable bonds is 6. The van der Waals surface area contributed by atoms with Crippen LogP contribution in [0, 0.1) is 12.7 Å². The summed E-state index contributed by atoms with van der Waals surface area (Å²) in [5.74, 6) is -0.403. The maximum absolute atomic E-state index is 14.1. The van der Waals surface area contributed by atoms with E-state index < -0.39 is 24.1 Å². The highest BCUT2D eigenvalue weighted by molar-refractivity contribution is 5.81. The first kappa shape index (κ1) is 22.8. The molecule has 1 atom stereocenters. The van der Waals surface area contributed by atoms with Gasteiger partial charge in [0, 0.05) is 11.1 Å². The normalized spacial score (nSPS) is 13.8. The van der Waals surface area contributed by atoms with Gasteiger partial charge >= 0.3 is 6.18 Å². The maximum Gasteiger partial charge on any atom is 0.423 e. The Kier molecular flexibility index (Phi) is 5.88. The summed E-state index contributed by atoms with van der Waals surface area (Å²) in [6, 6.07) is 15.1. The molecule has 0 spiro atoms. The zero-order chi connectivity index (χ0) is 23.8. The van der Waals surface area contributed by atoms with E-state index in [-0.39, 0.29) is 5.56 Å². The first-order valence-electron chi connectivity index (χ1n) is 10.5. The van der Waals surface area contributed by atoms with Crippen LogP contribution in [-0.2, 0) is 12.0 Å². The molecule has 4 aromatic rings. The molecular formula is C25H23F4N3O. The fraction of sp³-hybridized carbons (Fsp3) is 0.240. The van der Waals surface area contributed by atoms with E-state index in [9.17, 15) is 22.7 Å². The molecule has 172 valence electrons. The molecular weight excluding hydrogens is 434 g/mol. The summed E-state index contributed by atoms with van der Waals surface area (Å²) < 4.78 is 57.2. The number of nitrogens with one attached hydrogen (secondary N) is 1. The minimum absolute atomic E-state index is 0.291. The van der Waals surface area contributed by atoms with Gasteiger partial charge in [0.2, 0.25) is 5.60 Å². The van der Waals surface area contributed by atoms with Crippen molar-refractivity contribution in [2.75, 3.05) is 11.9 Å². The Morgan fingerprint density at radius 2 is 1.76 bits per heavy atom. The van der Waals surface area contributed by atoms with Crippen LogP contribution in [0.3, 0.4) is 0 Å². The summed E-state index contributed by atoms with van der Waals surface area (Å²) in [5.41, 5.74) is -0.0425. The molecule has 2 N–H and O–H groups in total. The van der Waals surface area contributed by atoms with Crippen LogP contribution < -0.4 is 5.32 Å². The van der Waals surface area contributed by atoms with Gasteiger partial charge in [0.15, 0.2) is 0 Å². The number of para-hydroxylation sites is 1. The third-order valence-corrected chi connectivity index (χ3v) is 5.85. The minimum Gasteiger partial charge on any atom is -0.381 e. The van der Waals surface area contributed by atoms with Crippen molar-refractivity contribution in [3.8, 4) is 5.69 Å². The van der Waals surface area contributed by atoms with E-state index >= 15 is 0 Å². The van der Waals surface area contributed by atoms with E-state index in [1.807, 2.05) is 32.0 Å². The fourth-order valence-electron chi connectivity index (χ4n) is 3.94. The van der Waals surface area contributed by atoms with Crippen LogP contribution in [0.1, 0.15) is 23.6 Å². The number of aryl methyl sites for hydroxylation is 2. The number of aromatic nitrogens is 2. The van der Waals surface area contributed by atoms with E-state index in [1.54, 1.807) is 0 Å². The van der Waals surface area contributed by atoms with E-state index in [0.29, 0.717) is 28.7 Å². The van der Waals surface area contributed by atoms with Gasteiger partial charge in [-0.25, -0.2) is 9.07 Å². The zero-order valence-electron chi connectivity index (χ0n) is 18.1. The standard InChI is InChI=1S/C25H23F4N3O/c1-3-17-6-4-5-16(2)23(17)30-15-24(33,25(27,28)29)19-7-12-22-18(13-19)14-31-32(22)21-10-8-20(26)9-11-21/h4-14,30,33H,3,15H2,1-2H3. The molecule has 3 aromatic carbocycles. The second kappa shape index (κ2) is 8.51. The Bertz CT molecular complexity index is 1280. The molecule has 8 heteroatoms. The monoisotopic (exact) mass is 457 g/mol. The molecule has 33 heavy (non-hydrogen) atoms. The minimum atomic E-state index is -4.92. The van der Waals surface area contributed by atoms with Gasteiger partial charge in [0.25, 0.3) is 0 Å². The summed E-state index contributed by atoms with van der Waals surface area (Å²) in [7, 11) is 0. The van der Waals surface area contributed by atoms with Crippen LogP contribution in [-0.4, -0.2) is 27.6 Å². The van der Waals surface area contributed by atoms with Crippen LogP contribution in [0.4, 0.5) is 23.2 Å². The van der Waals surface area contributed by atoms with Gasteiger partial charge < -0.3 is 10.4 Å². The fourth-order valence-corrected chi connectivity index (χ4v) is 3.94. The number of hydrogen-bond donors (Lipinski definition) is 2. The van der Waals surface area contributed by atoms with Crippen molar-refractivity contribution >= 4 is 16.6 Å². The molecule has 0 aliphatic heterocycles. The molecule has 4 rings (SSSR count). The Hall–Kier alpha value is -3.39. The summed E-state index contributed by atoms with van der Waals surface area (Å²) in [4.78, 5) is 0. The average molecular weight is 457 g/mol. The smallest absolute Gasteiger partial charge is 0.381 e. The number of anilines is 1. The van der Waals surface area contributed by atoms with Gasteiger partial charge in [-0.1, -0.05) is 31.2 Å². The van der Waals surface area contributed by atoms with Crippen molar-refractivity contribution in [3.05, 3.63) is 89.4 Å². The van der Waals surface area contributed by atoms with Crippen LogP contribution in [0.2, 0.25) is 0 Å². The Morgan fingerprint density at radius 1 is 1.03 bits per heavy atom. The number of nitrogens with zero attached hydrogens (tertiary/aromatic N) is 2. The van der Waals surface area contributed by atoms with Crippen LogP contribution in [0.5, 0.6) is 0 Å². The van der Waals surface area contributed by atoms with Crippen molar-refractivity contribution in [2.45, 2.75) is 32.0 Å². The molecule has 1 unspecified atom stereocenters. The summed E-state index contributed by atoms with van der Waals surface area (Å²) in [6.07, 6.45) is -2.86. The largest absolute Gasteiger partial charge is 0.423 e. The third kappa shape index (κ3) is 4.18. The Labute approximate surface area is 188 Å². The van der Waals surface area contributed by atoms with Crippen LogP contribution in [0.25, 0.3) is 16.6 Å². The van der Waals surface area contributed by atoms with Crippen molar-refractivity contribution in [1.29, 1.82) is 0 Å². The van der Waals surface area contributed by atoms with E-state index in [4.69, 9.17) is 0 Å². The number of fused-ring (bicyclic) bond motifs is 1. The van der Waals surface area contributed by atoms with E-state index in [2.05, 4.69) is 10.4 Å². The van der Waals surface area contributed by atoms with Crippen LogP contribution >= 0.6 is 0 Å². The lowest BCUT2D eigenvalue weighted by Gasteiger charge is -2.32. The topological polar surface area (TPSA) is 50.1 Å². The maximum atomic E-state index is 14.1. The number of halogens is 4. The lowest BCUT2D eigenvalue weighted by atomic mass is 9.91. The van der Waals surface area contributed by atoms with Crippen molar-refractivity contribution in [1.82, 2.24) is 9.78 Å². The molecule has 0 fully saturated rings. The molecule has 0 bridgehead atoms. The molecule has 0 aliphatic rings. The molecule has 0 saturated heterocycles. The molecule has 4 nitrogen and oxygen atoms in total. The second-order valence-corrected chi connectivity index (χ2v) is 7.98. The molecule has 1 heterocycles. The molecule has 1 aromatic heterocycles. The highest BCUT2D eigenvalue weighted by Crippen LogP contribution is 2.40. The highest BCUT2D eigenvalue weighted by atomic mass is 19.4. The predicted molar refractivity (Wildman–Crippen MR) is 120 cm³/mol. The second-order valence-electron chi connectivity index (χ2n) is 7.98. The summed E-state index contributed by atoms with van der Waals surface area (Å²) in [6.45, 7) is 2.98. The van der Waals surface area contributed by atoms with Crippen molar-refractivity contribution in [3.63, 3.8) is 0 Å². The van der Waals surface area contributed by atoms with E-state index in [1.165, 1.54) is 53.3 Å².